The van der Waals surface area contributed by atoms with Crippen molar-refractivity contribution in [1.29, 1.82) is 0 Å². The molecule has 3 heteroatoms. The summed E-state index contributed by atoms with van der Waals surface area (Å²) in [6, 6.07) is 14.1. The van der Waals surface area contributed by atoms with E-state index in [1.807, 2.05) is 43.3 Å². The topological polar surface area (TPSA) is 37.8 Å². The first-order valence-electron chi connectivity index (χ1n) is 7.44. The average Bonchev–Trinajstić information content (AvgIpc) is 2.79. The van der Waals surface area contributed by atoms with Crippen molar-refractivity contribution in [2.24, 2.45) is 0 Å². The number of aromatic nitrogens is 2. The second kappa shape index (κ2) is 5.34. The summed E-state index contributed by atoms with van der Waals surface area (Å²) in [5.74, 6) is 0. The van der Waals surface area contributed by atoms with Gasteiger partial charge in [-0.05, 0) is 56.5 Å². The molecule has 2 aromatic carbocycles. The van der Waals surface area contributed by atoms with Crippen molar-refractivity contribution < 1.29 is 0 Å². The van der Waals surface area contributed by atoms with Gasteiger partial charge in [0.25, 0.3) is 5.56 Å². The molecule has 0 radical (unpaired) electrons. The number of hydrogen-bond acceptors (Lipinski definition) is 1. The minimum atomic E-state index is 0.00139. The molecule has 0 bridgehead atoms. The minimum Gasteiger partial charge on any atom is -0.290 e. The van der Waals surface area contributed by atoms with Gasteiger partial charge < -0.3 is 0 Å². The maximum absolute atomic E-state index is 12.6. The summed E-state index contributed by atoms with van der Waals surface area (Å²) in [4.78, 5) is 12.6. The van der Waals surface area contributed by atoms with Crippen LogP contribution >= 0.6 is 0 Å². The van der Waals surface area contributed by atoms with Crippen LogP contribution in [0.25, 0.3) is 16.9 Å². The standard InChI is InChI=1S/C19H20N2O/c1-12-9-10-16(11-14(12)3)21-19(22)15(4)18(20-21)17-8-6-5-7-13(17)2/h5-11,20H,1-4H3. The van der Waals surface area contributed by atoms with E-state index in [0.29, 0.717) is 0 Å². The van der Waals surface area contributed by atoms with E-state index >= 15 is 0 Å². The Kier molecular flexibility index (Phi) is 3.49. The summed E-state index contributed by atoms with van der Waals surface area (Å²) < 4.78 is 1.63. The molecule has 3 nitrogen and oxygen atoms in total. The molecule has 1 N–H and O–H groups in total. The summed E-state index contributed by atoms with van der Waals surface area (Å²) in [6.07, 6.45) is 0. The van der Waals surface area contributed by atoms with Crippen molar-refractivity contribution in [1.82, 2.24) is 9.78 Å². The number of rotatable bonds is 2. The van der Waals surface area contributed by atoms with Gasteiger partial charge in [0.05, 0.1) is 11.4 Å². The molecule has 112 valence electrons. The molecule has 0 saturated heterocycles. The molecule has 0 aliphatic carbocycles. The largest absolute Gasteiger partial charge is 0.290 e. The second-order valence-corrected chi connectivity index (χ2v) is 5.84. The predicted octanol–water partition coefficient (Wildman–Crippen LogP) is 4.07. The van der Waals surface area contributed by atoms with Gasteiger partial charge in [0, 0.05) is 11.1 Å². The van der Waals surface area contributed by atoms with Crippen LogP contribution in [0.1, 0.15) is 22.3 Å². The minimum absolute atomic E-state index is 0.00139. The highest BCUT2D eigenvalue weighted by Gasteiger charge is 2.14. The highest BCUT2D eigenvalue weighted by atomic mass is 16.1. The third kappa shape index (κ3) is 2.29. The van der Waals surface area contributed by atoms with Gasteiger partial charge in [-0.2, -0.15) is 0 Å². The molecule has 0 aliphatic heterocycles. The average molecular weight is 292 g/mol. The Balaban J connectivity index is 2.20. The van der Waals surface area contributed by atoms with Gasteiger partial charge in [0.2, 0.25) is 0 Å². The summed E-state index contributed by atoms with van der Waals surface area (Å²) in [6.45, 7) is 8.06. The van der Waals surface area contributed by atoms with Crippen LogP contribution in [0.5, 0.6) is 0 Å². The Morgan fingerprint density at radius 1 is 0.864 bits per heavy atom. The zero-order chi connectivity index (χ0) is 15.9. The summed E-state index contributed by atoms with van der Waals surface area (Å²) in [7, 11) is 0. The van der Waals surface area contributed by atoms with Gasteiger partial charge >= 0.3 is 0 Å². The monoisotopic (exact) mass is 292 g/mol. The molecule has 0 saturated carbocycles. The lowest BCUT2D eigenvalue weighted by Gasteiger charge is -2.06. The first kappa shape index (κ1) is 14.4. The smallest absolute Gasteiger partial charge is 0.274 e. The number of benzene rings is 2. The molecule has 0 aliphatic rings. The van der Waals surface area contributed by atoms with Crippen LogP contribution in [0.15, 0.2) is 47.3 Å². The highest BCUT2D eigenvalue weighted by molar-refractivity contribution is 5.66. The van der Waals surface area contributed by atoms with E-state index in [1.165, 1.54) is 11.1 Å². The predicted molar refractivity (Wildman–Crippen MR) is 90.8 cm³/mol. The van der Waals surface area contributed by atoms with Crippen molar-refractivity contribution in [3.8, 4) is 16.9 Å². The molecule has 3 rings (SSSR count). The molecule has 3 aromatic rings. The number of aromatic amines is 1. The number of nitrogens with zero attached hydrogens (tertiary/aromatic N) is 1. The summed E-state index contributed by atoms with van der Waals surface area (Å²) in [5, 5.41) is 3.27. The van der Waals surface area contributed by atoms with E-state index in [0.717, 1.165) is 28.1 Å². The Morgan fingerprint density at radius 2 is 1.59 bits per heavy atom. The first-order chi connectivity index (χ1) is 10.5. The molecule has 0 amide bonds. The normalized spacial score (nSPS) is 10.9. The van der Waals surface area contributed by atoms with E-state index in [9.17, 15) is 4.79 Å². The van der Waals surface area contributed by atoms with E-state index in [4.69, 9.17) is 0 Å². The molecular weight excluding hydrogens is 272 g/mol. The summed E-state index contributed by atoms with van der Waals surface area (Å²) >= 11 is 0. The molecule has 22 heavy (non-hydrogen) atoms. The van der Waals surface area contributed by atoms with Crippen LogP contribution in [0.2, 0.25) is 0 Å². The maximum Gasteiger partial charge on any atom is 0.274 e. The van der Waals surface area contributed by atoms with Gasteiger partial charge in [-0.15, -0.1) is 0 Å². The van der Waals surface area contributed by atoms with E-state index in [-0.39, 0.29) is 5.56 Å². The summed E-state index contributed by atoms with van der Waals surface area (Å²) in [5.41, 5.74) is 7.12. The first-order valence-corrected chi connectivity index (χ1v) is 7.44. The lowest BCUT2D eigenvalue weighted by Crippen LogP contribution is -2.15. The van der Waals surface area contributed by atoms with Crippen LogP contribution in [0.3, 0.4) is 0 Å². The Morgan fingerprint density at radius 3 is 2.27 bits per heavy atom. The van der Waals surface area contributed by atoms with Gasteiger partial charge in [0.1, 0.15) is 0 Å². The number of nitrogens with one attached hydrogen (secondary N) is 1. The third-order valence-corrected chi connectivity index (χ3v) is 4.29. The maximum atomic E-state index is 12.6. The molecule has 0 fully saturated rings. The lowest BCUT2D eigenvalue weighted by atomic mass is 10.0. The van der Waals surface area contributed by atoms with E-state index < -0.39 is 0 Å². The number of aryl methyl sites for hydroxylation is 3. The Labute approximate surface area is 130 Å². The van der Waals surface area contributed by atoms with Crippen molar-refractivity contribution in [2.45, 2.75) is 27.7 Å². The van der Waals surface area contributed by atoms with Crippen LogP contribution in [0, 0.1) is 27.7 Å². The molecule has 0 unspecified atom stereocenters. The van der Waals surface area contributed by atoms with Crippen LogP contribution in [-0.4, -0.2) is 9.78 Å². The fourth-order valence-electron chi connectivity index (χ4n) is 2.68. The van der Waals surface area contributed by atoms with Gasteiger partial charge in [0.15, 0.2) is 0 Å². The second-order valence-electron chi connectivity index (χ2n) is 5.84. The SMILES string of the molecule is Cc1ccc(-n2[nH]c(-c3ccccc3C)c(C)c2=O)cc1C. The van der Waals surface area contributed by atoms with Crippen LogP contribution in [0.4, 0.5) is 0 Å². The number of hydrogen-bond donors (Lipinski definition) is 1. The van der Waals surface area contributed by atoms with Crippen LogP contribution in [-0.2, 0) is 0 Å². The van der Waals surface area contributed by atoms with E-state index in [1.54, 1.807) is 4.68 Å². The molecule has 0 spiro atoms. The molecule has 1 aromatic heterocycles. The van der Waals surface area contributed by atoms with Gasteiger partial charge in [-0.3, -0.25) is 9.89 Å². The fourth-order valence-corrected chi connectivity index (χ4v) is 2.68. The zero-order valence-electron chi connectivity index (χ0n) is 13.4. The van der Waals surface area contributed by atoms with Gasteiger partial charge in [-0.25, -0.2) is 4.68 Å². The van der Waals surface area contributed by atoms with E-state index in [2.05, 4.69) is 31.9 Å². The van der Waals surface area contributed by atoms with Crippen molar-refractivity contribution >= 4 is 0 Å². The lowest BCUT2D eigenvalue weighted by molar-refractivity contribution is 0.849. The highest BCUT2D eigenvalue weighted by Crippen LogP contribution is 2.24. The quantitative estimate of drug-likeness (QED) is 0.759. The van der Waals surface area contributed by atoms with Crippen LogP contribution < -0.4 is 5.56 Å². The Hall–Kier alpha value is -2.55. The van der Waals surface area contributed by atoms with Crippen molar-refractivity contribution in [2.75, 3.05) is 0 Å². The number of H-pyrrole nitrogens is 1. The van der Waals surface area contributed by atoms with Crippen molar-refractivity contribution in [3.63, 3.8) is 0 Å². The molecular formula is C19H20N2O. The zero-order valence-corrected chi connectivity index (χ0v) is 13.4. The third-order valence-electron chi connectivity index (χ3n) is 4.29. The van der Waals surface area contributed by atoms with Crippen molar-refractivity contribution in [3.05, 3.63) is 75.1 Å². The van der Waals surface area contributed by atoms with Gasteiger partial charge in [-0.1, -0.05) is 30.3 Å². The fraction of sp³-hybridized carbons (Fsp3) is 0.211. The molecule has 0 atom stereocenters. The molecule has 1 heterocycles. The Bertz CT molecular complexity index is 900.